The molecule has 2 N–H and O–H groups in total. The third-order valence-corrected chi connectivity index (χ3v) is 5.09. The topological polar surface area (TPSA) is 114 Å². The highest BCUT2D eigenvalue weighted by Crippen LogP contribution is 2.27. The molecule has 1 aromatic carbocycles. The van der Waals surface area contributed by atoms with Crippen LogP contribution in [-0.4, -0.2) is 37.6 Å². The number of aromatic amines is 1. The number of aromatic nitrogens is 4. The molecule has 0 radical (unpaired) electrons. The normalized spacial score (nSPS) is 11.5. The third kappa shape index (κ3) is 4.39. The molecule has 0 aliphatic rings. The Bertz CT molecular complexity index is 1240. The summed E-state index contributed by atoms with van der Waals surface area (Å²) in [6.07, 6.45) is 3.48. The molecule has 0 aliphatic carbocycles. The summed E-state index contributed by atoms with van der Waals surface area (Å²) in [7, 11) is 0. The Morgan fingerprint density at radius 3 is 2.38 bits per heavy atom. The summed E-state index contributed by atoms with van der Waals surface area (Å²) < 4.78 is 11.3. The maximum atomic E-state index is 11.2. The van der Waals surface area contributed by atoms with Gasteiger partial charge in [0.05, 0.1) is 23.0 Å². The van der Waals surface area contributed by atoms with Crippen LogP contribution in [-0.2, 0) is 4.79 Å². The Balaban J connectivity index is 1.46. The average molecular weight is 432 g/mol. The maximum Gasteiger partial charge on any atom is 0.312 e. The van der Waals surface area contributed by atoms with E-state index in [0.29, 0.717) is 23.2 Å². The number of carboxylic acid groups (broad SMARTS) is 1. The molecule has 0 spiro atoms. The molecule has 0 aliphatic heterocycles. The monoisotopic (exact) mass is 432 g/mol. The van der Waals surface area contributed by atoms with Gasteiger partial charge >= 0.3 is 5.97 Å². The molecule has 0 atom stereocenters. The first-order valence-electron chi connectivity index (χ1n) is 10.2. The minimum Gasteiger partial charge on any atom is -0.492 e. The molecule has 8 heteroatoms. The lowest BCUT2D eigenvalue weighted by molar-refractivity contribution is -0.148. The summed E-state index contributed by atoms with van der Waals surface area (Å²) in [5.74, 6) is 1.70. The van der Waals surface area contributed by atoms with Crippen LogP contribution in [0.1, 0.15) is 25.4 Å². The number of rotatable bonds is 7. The molecule has 0 unspecified atom stereocenters. The molecular weight excluding hydrogens is 408 g/mol. The highest BCUT2D eigenvalue weighted by atomic mass is 16.5. The van der Waals surface area contributed by atoms with E-state index in [1.807, 2.05) is 50.2 Å². The van der Waals surface area contributed by atoms with Gasteiger partial charge in [-0.3, -0.25) is 9.78 Å². The number of hydrogen-bond donors (Lipinski definition) is 2. The predicted molar refractivity (Wildman–Crippen MR) is 119 cm³/mol. The second kappa shape index (κ2) is 8.30. The lowest BCUT2D eigenvalue weighted by Gasteiger charge is -2.19. The van der Waals surface area contributed by atoms with Crippen molar-refractivity contribution in [3.63, 3.8) is 0 Å². The van der Waals surface area contributed by atoms with Crippen molar-refractivity contribution >= 4 is 5.97 Å². The molecule has 0 saturated carbocycles. The SMILES string of the molecule is Cc1nc(C)c(-c2cnc(-c3ccc(-c4ccc(OCC(C)(C)C(=O)O)cc4)nc3)[nH]2)o1. The molecule has 3 heterocycles. The summed E-state index contributed by atoms with van der Waals surface area (Å²) >= 11 is 0. The smallest absolute Gasteiger partial charge is 0.312 e. The summed E-state index contributed by atoms with van der Waals surface area (Å²) in [6, 6.07) is 11.3. The second-order valence-corrected chi connectivity index (χ2v) is 8.23. The number of aliphatic carboxylic acids is 1. The Labute approximate surface area is 185 Å². The Morgan fingerprint density at radius 1 is 1.06 bits per heavy atom. The van der Waals surface area contributed by atoms with Crippen LogP contribution < -0.4 is 4.74 Å². The van der Waals surface area contributed by atoms with E-state index in [1.54, 1.807) is 26.2 Å². The minimum absolute atomic E-state index is 0.0902. The van der Waals surface area contributed by atoms with Gasteiger partial charge in [0.1, 0.15) is 23.9 Å². The fraction of sp³-hybridized carbons (Fsp3) is 0.250. The number of nitrogens with zero attached hydrogens (tertiary/aromatic N) is 3. The van der Waals surface area contributed by atoms with Gasteiger partial charge in [0.2, 0.25) is 0 Å². The number of benzene rings is 1. The van der Waals surface area contributed by atoms with Gasteiger partial charge in [-0.1, -0.05) is 0 Å². The fourth-order valence-corrected chi connectivity index (χ4v) is 3.12. The predicted octanol–water partition coefficient (Wildman–Crippen LogP) is 4.90. The van der Waals surface area contributed by atoms with Crippen molar-refractivity contribution in [2.24, 2.45) is 5.41 Å². The standard InChI is InChI=1S/C24H24N4O4/c1-14-21(32-15(2)27-14)20-12-26-22(28-20)17-7-10-19(25-11-17)16-5-8-18(9-6-16)31-13-24(3,4)23(29)30/h5-12H,13H2,1-4H3,(H,26,28)(H,29,30). The van der Waals surface area contributed by atoms with Crippen molar-refractivity contribution in [2.45, 2.75) is 27.7 Å². The van der Waals surface area contributed by atoms with Crippen molar-refractivity contribution < 1.29 is 19.1 Å². The zero-order chi connectivity index (χ0) is 22.9. The number of carboxylic acids is 1. The lowest BCUT2D eigenvalue weighted by atomic mass is 9.95. The zero-order valence-electron chi connectivity index (χ0n) is 18.3. The van der Waals surface area contributed by atoms with E-state index in [-0.39, 0.29) is 6.61 Å². The summed E-state index contributed by atoms with van der Waals surface area (Å²) in [4.78, 5) is 27.7. The number of H-pyrrole nitrogens is 1. The largest absolute Gasteiger partial charge is 0.492 e. The number of nitrogens with one attached hydrogen (secondary N) is 1. The van der Waals surface area contributed by atoms with E-state index in [0.717, 1.165) is 28.2 Å². The molecular formula is C24H24N4O4. The van der Waals surface area contributed by atoms with Gasteiger partial charge in [-0.15, -0.1) is 0 Å². The van der Waals surface area contributed by atoms with Crippen LogP contribution in [0.4, 0.5) is 0 Å². The van der Waals surface area contributed by atoms with E-state index in [2.05, 4.69) is 19.9 Å². The van der Waals surface area contributed by atoms with E-state index >= 15 is 0 Å². The van der Waals surface area contributed by atoms with Crippen LogP contribution in [0.15, 0.2) is 53.2 Å². The average Bonchev–Trinajstić information content (AvgIpc) is 3.39. The van der Waals surface area contributed by atoms with Crippen molar-refractivity contribution in [3.8, 4) is 39.8 Å². The van der Waals surface area contributed by atoms with Gasteiger partial charge in [0.25, 0.3) is 0 Å². The van der Waals surface area contributed by atoms with Gasteiger partial charge in [-0.2, -0.15) is 0 Å². The van der Waals surface area contributed by atoms with Gasteiger partial charge in [-0.25, -0.2) is 9.97 Å². The molecule has 8 nitrogen and oxygen atoms in total. The maximum absolute atomic E-state index is 11.2. The van der Waals surface area contributed by atoms with Crippen molar-refractivity contribution in [3.05, 3.63) is 60.4 Å². The molecule has 0 amide bonds. The van der Waals surface area contributed by atoms with E-state index in [9.17, 15) is 9.90 Å². The van der Waals surface area contributed by atoms with Gasteiger partial charge in [-0.05, 0) is 57.2 Å². The molecule has 32 heavy (non-hydrogen) atoms. The number of ether oxygens (including phenoxy) is 1. The molecule has 4 aromatic rings. The van der Waals surface area contributed by atoms with E-state index < -0.39 is 11.4 Å². The van der Waals surface area contributed by atoms with Crippen LogP contribution in [0.25, 0.3) is 34.1 Å². The summed E-state index contributed by atoms with van der Waals surface area (Å²) in [5.41, 5.74) is 3.21. The molecule has 164 valence electrons. The summed E-state index contributed by atoms with van der Waals surface area (Å²) in [6.45, 7) is 7.06. The van der Waals surface area contributed by atoms with E-state index in [1.165, 1.54) is 0 Å². The number of oxazole rings is 1. The number of imidazole rings is 1. The molecule has 0 fully saturated rings. The quantitative estimate of drug-likeness (QED) is 0.427. The minimum atomic E-state index is -0.952. The Morgan fingerprint density at radius 2 is 1.78 bits per heavy atom. The van der Waals surface area contributed by atoms with Crippen LogP contribution >= 0.6 is 0 Å². The summed E-state index contributed by atoms with van der Waals surface area (Å²) in [5, 5.41) is 9.19. The second-order valence-electron chi connectivity index (χ2n) is 8.23. The zero-order valence-corrected chi connectivity index (χ0v) is 18.3. The van der Waals surface area contributed by atoms with Gasteiger partial charge in [0, 0.05) is 24.2 Å². The lowest BCUT2D eigenvalue weighted by Crippen LogP contribution is -2.30. The van der Waals surface area contributed by atoms with Crippen molar-refractivity contribution in [1.82, 2.24) is 19.9 Å². The van der Waals surface area contributed by atoms with Crippen molar-refractivity contribution in [1.29, 1.82) is 0 Å². The third-order valence-electron chi connectivity index (χ3n) is 5.09. The van der Waals surface area contributed by atoms with Crippen molar-refractivity contribution in [2.75, 3.05) is 6.61 Å². The first-order valence-corrected chi connectivity index (χ1v) is 10.2. The van der Waals surface area contributed by atoms with Gasteiger partial charge in [0.15, 0.2) is 11.7 Å². The number of carbonyl (C=O) groups is 1. The molecule has 0 saturated heterocycles. The van der Waals surface area contributed by atoms with Crippen LogP contribution in [0.5, 0.6) is 5.75 Å². The van der Waals surface area contributed by atoms with Crippen LogP contribution in [0.3, 0.4) is 0 Å². The molecule has 4 rings (SSSR count). The highest BCUT2D eigenvalue weighted by molar-refractivity contribution is 5.73. The molecule has 3 aromatic heterocycles. The number of aryl methyl sites for hydroxylation is 2. The highest BCUT2D eigenvalue weighted by Gasteiger charge is 2.28. The fourth-order valence-electron chi connectivity index (χ4n) is 3.12. The first kappa shape index (κ1) is 21.3. The van der Waals surface area contributed by atoms with Crippen LogP contribution in [0, 0.1) is 19.3 Å². The Hall–Kier alpha value is -3.94. The Kier molecular flexibility index (Phi) is 5.52. The van der Waals surface area contributed by atoms with E-state index in [4.69, 9.17) is 9.15 Å². The van der Waals surface area contributed by atoms with Gasteiger partial charge < -0.3 is 19.2 Å². The first-order chi connectivity index (χ1) is 15.2. The van der Waals surface area contributed by atoms with Crippen LogP contribution in [0.2, 0.25) is 0 Å². The number of hydrogen-bond acceptors (Lipinski definition) is 6. The number of pyridine rings is 1. The molecule has 0 bridgehead atoms.